The maximum absolute atomic E-state index is 13.7. The van der Waals surface area contributed by atoms with Crippen molar-refractivity contribution < 1.29 is 22.7 Å². The van der Waals surface area contributed by atoms with Gasteiger partial charge in [0.25, 0.3) is 15.9 Å². The van der Waals surface area contributed by atoms with Crippen LogP contribution in [-0.4, -0.2) is 86.1 Å². The van der Waals surface area contributed by atoms with E-state index in [-0.39, 0.29) is 40.7 Å². The highest BCUT2D eigenvalue weighted by atomic mass is 32.2. The number of benzene rings is 2. The van der Waals surface area contributed by atoms with Gasteiger partial charge in [-0.25, -0.2) is 18.1 Å². The third kappa shape index (κ3) is 5.16. The van der Waals surface area contributed by atoms with Gasteiger partial charge in [0.15, 0.2) is 0 Å². The number of hydrogen-bond donors (Lipinski definition) is 1. The summed E-state index contributed by atoms with van der Waals surface area (Å²) in [5.41, 5.74) is 3.85. The van der Waals surface area contributed by atoms with Gasteiger partial charge in [0.2, 0.25) is 11.8 Å². The lowest BCUT2D eigenvalue weighted by molar-refractivity contribution is -0.120. The van der Waals surface area contributed by atoms with Crippen LogP contribution in [0.1, 0.15) is 28.4 Å². The molecule has 2 aromatic carbocycles. The van der Waals surface area contributed by atoms with Crippen molar-refractivity contribution in [3.05, 3.63) is 65.2 Å². The Morgan fingerprint density at radius 2 is 1.80 bits per heavy atom. The van der Waals surface area contributed by atoms with Gasteiger partial charge in [-0.05, 0) is 43.2 Å². The summed E-state index contributed by atoms with van der Waals surface area (Å²) in [6.07, 6.45) is 0. The van der Waals surface area contributed by atoms with Crippen molar-refractivity contribution in [2.45, 2.75) is 31.7 Å². The molecular weight excluding hydrogens is 530 g/mol. The molecule has 0 spiro atoms. The highest BCUT2D eigenvalue weighted by molar-refractivity contribution is 7.92. The molecule has 3 aliphatic heterocycles. The minimum atomic E-state index is -4.08. The summed E-state index contributed by atoms with van der Waals surface area (Å²) in [4.78, 5) is 26.8. The predicted molar refractivity (Wildman–Crippen MR) is 150 cm³/mol. The molecule has 10 nitrogen and oxygen atoms in total. The number of hydrogen-bond acceptors (Lipinski definition) is 8. The van der Waals surface area contributed by atoms with Gasteiger partial charge in [-0.15, -0.1) is 0 Å². The number of amides is 1. The molecule has 3 aliphatic rings. The second kappa shape index (κ2) is 10.1. The summed E-state index contributed by atoms with van der Waals surface area (Å²) in [5, 5.41) is 0. The number of carbonyl (C=O) groups excluding carboxylic acids is 1. The molecule has 2 saturated heterocycles. The standard InChI is InChI=1S/C29H33N5O5S/c1-19-6-4-7-20(2)26(19)24-13-25-31-28(30-24)32-40(36,37)23-9-5-8-21(12-23)27(35)34-11-10-33(14-22(34)15-39-25)16-29(3)17-38-18-29/h4-9,12-13,22H,10-11,14-18H2,1-3H3,(H,30,31,32)/t22-/m1/s1. The first kappa shape index (κ1) is 26.7. The Bertz CT molecular complexity index is 1550. The first-order chi connectivity index (χ1) is 19.1. The molecule has 0 unspecified atom stereocenters. The van der Waals surface area contributed by atoms with Gasteiger partial charge >= 0.3 is 0 Å². The fourth-order valence-corrected chi connectivity index (χ4v) is 6.76. The van der Waals surface area contributed by atoms with E-state index in [1.807, 2.05) is 32.0 Å². The zero-order valence-electron chi connectivity index (χ0n) is 22.9. The Kier molecular flexibility index (Phi) is 6.76. The molecule has 6 rings (SSSR count). The zero-order valence-corrected chi connectivity index (χ0v) is 23.7. The van der Waals surface area contributed by atoms with Crippen molar-refractivity contribution >= 4 is 21.9 Å². The van der Waals surface area contributed by atoms with Crippen LogP contribution < -0.4 is 9.46 Å². The molecule has 0 saturated carbocycles. The number of aryl methyl sites for hydroxylation is 2. The number of carbonyl (C=O) groups is 1. The molecule has 2 fully saturated rings. The topological polar surface area (TPSA) is 114 Å². The van der Waals surface area contributed by atoms with Crippen molar-refractivity contribution in [1.82, 2.24) is 19.8 Å². The molecule has 40 heavy (non-hydrogen) atoms. The van der Waals surface area contributed by atoms with E-state index in [9.17, 15) is 13.2 Å². The third-order valence-electron chi connectivity index (χ3n) is 7.81. The van der Waals surface area contributed by atoms with Gasteiger partial charge in [0.1, 0.15) is 6.61 Å². The first-order valence-corrected chi connectivity index (χ1v) is 14.9. The number of sulfonamides is 1. The van der Waals surface area contributed by atoms with E-state index in [1.54, 1.807) is 23.1 Å². The van der Waals surface area contributed by atoms with Crippen molar-refractivity contribution in [3.63, 3.8) is 0 Å². The Balaban J connectivity index is 1.41. The molecule has 1 N–H and O–H groups in total. The Morgan fingerprint density at radius 1 is 1.05 bits per heavy atom. The molecule has 3 aromatic rings. The van der Waals surface area contributed by atoms with E-state index in [0.717, 1.165) is 36.4 Å². The lowest BCUT2D eigenvalue weighted by Gasteiger charge is -2.46. The normalized spacial score (nSPS) is 21.9. The number of ether oxygens (including phenoxy) is 2. The number of anilines is 1. The van der Waals surface area contributed by atoms with Crippen LogP contribution in [0.2, 0.25) is 0 Å². The fraction of sp³-hybridized carbons (Fsp3) is 0.414. The highest BCUT2D eigenvalue weighted by Gasteiger charge is 2.39. The summed E-state index contributed by atoms with van der Waals surface area (Å²) in [6, 6.07) is 13.5. The number of aromatic nitrogens is 2. The molecule has 210 valence electrons. The summed E-state index contributed by atoms with van der Waals surface area (Å²) in [5.74, 6) is -0.0805. The van der Waals surface area contributed by atoms with Crippen molar-refractivity contribution in [2.75, 3.05) is 50.7 Å². The van der Waals surface area contributed by atoms with Crippen LogP contribution in [0.5, 0.6) is 5.88 Å². The van der Waals surface area contributed by atoms with E-state index in [4.69, 9.17) is 9.47 Å². The van der Waals surface area contributed by atoms with Crippen LogP contribution in [0.3, 0.4) is 0 Å². The van der Waals surface area contributed by atoms with Gasteiger partial charge in [0.05, 0.1) is 29.8 Å². The molecular formula is C29H33N5O5S. The molecule has 1 amide bonds. The summed E-state index contributed by atoms with van der Waals surface area (Å²) in [7, 11) is -4.08. The van der Waals surface area contributed by atoms with Crippen LogP contribution in [0.4, 0.5) is 5.95 Å². The van der Waals surface area contributed by atoms with Crippen molar-refractivity contribution in [1.29, 1.82) is 0 Å². The average Bonchev–Trinajstić information content (AvgIpc) is 2.90. The quantitative estimate of drug-likeness (QED) is 0.517. The SMILES string of the molecule is Cc1cccc(C)c1-c1cc2nc(n1)NS(=O)(=O)c1cccc(c1)C(=O)N1CCN(CC3(C)COC3)C[C@@H]1CO2. The largest absolute Gasteiger partial charge is 0.475 e. The van der Waals surface area contributed by atoms with Crippen molar-refractivity contribution in [2.24, 2.45) is 5.41 Å². The molecule has 0 aliphatic carbocycles. The highest BCUT2D eigenvalue weighted by Crippen LogP contribution is 2.31. The predicted octanol–water partition coefficient (Wildman–Crippen LogP) is 3.12. The molecule has 4 bridgehead atoms. The van der Waals surface area contributed by atoms with Crippen LogP contribution >= 0.6 is 0 Å². The van der Waals surface area contributed by atoms with Gasteiger partial charge in [0, 0.05) is 48.8 Å². The second-order valence-electron chi connectivity index (χ2n) is 11.3. The monoisotopic (exact) mass is 563 g/mol. The van der Waals surface area contributed by atoms with E-state index < -0.39 is 10.0 Å². The Morgan fingerprint density at radius 3 is 2.52 bits per heavy atom. The van der Waals surface area contributed by atoms with Crippen LogP contribution in [0, 0.1) is 19.3 Å². The fourth-order valence-electron chi connectivity index (χ4n) is 5.77. The molecule has 0 radical (unpaired) electrons. The Hall–Kier alpha value is -3.54. The van der Waals surface area contributed by atoms with Gasteiger partial charge in [-0.1, -0.05) is 31.2 Å². The molecule has 1 aromatic heterocycles. The van der Waals surface area contributed by atoms with E-state index in [2.05, 4.69) is 26.5 Å². The maximum atomic E-state index is 13.7. The summed E-state index contributed by atoms with van der Waals surface area (Å²) in [6.45, 7) is 10.5. The second-order valence-corrected chi connectivity index (χ2v) is 13.0. The average molecular weight is 564 g/mol. The van der Waals surface area contributed by atoms with Crippen LogP contribution in [0.25, 0.3) is 11.3 Å². The minimum Gasteiger partial charge on any atom is -0.475 e. The molecule has 1 atom stereocenters. The lowest BCUT2D eigenvalue weighted by Crippen LogP contribution is -2.60. The lowest BCUT2D eigenvalue weighted by atomic mass is 9.87. The Labute approximate surface area is 234 Å². The molecule has 4 heterocycles. The number of rotatable bonds is 3. The van der Waals surface area contributed by atoms with E-state index in [0.29, 0.717) is 30.9 Å². The number of fused-ring (bicyclic) bond motifs is 5. The molecule has 11 heteroatoms. The smallest absolute Gasteiger partial charge is 0.264 e. The summed E-state index contributed by atoms with van der Waals surface area (Å²) >= 11 is 0. The van der Waals surface area contributed by atoms with Crippen molar-refractivity contribution in [3.8, 4) is 17.1 Å². The van der Waals surface area contributed by atoms with Crippen LogP contribution in [-0.2, 0) is 14.8 Å². The number of piperazine rings is 1. The zero-order chi connectivity index (χ0) is 28.1. The van der Waals surface area contributed by atoms with E-state index in [1.165, 1.54) is 12.1 Å². The minimum absolute atomic E-state index is 0.0331. The maximum Gasteiger partial charge on any atom is 0.264 e. The van der Waals surface area contributed by atoms with Gasteiger partial charge in [-0.2, -0.15) is 4.98 Å². The van der Waals surface area contributed by atoms with E-state index >= 15 is 0 Å². The summed E-state index contributed by atoms with van der Waals surface area (Å²) < 4.78 is 41.0. The van der Waals surface area contributed by atoms with Crippen LogP contribution in [0.15, 0.2) is 53.4 Å². The van der Waals surface area contributed by atoms with Gasteiger partial charge < -0.3 is 14.4 Å². The van der Waals surface area contributed by atoms with Gasteiger partial charge in [-0.3, -0.25) is 9.69 Å². The third-order valence-corrected chi connectivity index (χ3v) is 9.14. The number of nitrogens with zero attached hydrogens (tertiary/aromatic N) is 4. The number of nitrogens with one attached hydrogen (secondary N) is 1. The first-order valence-electron chi connectivity index (χ1n) is 13.4.